The van der Waals surface area contributed by atoms with Crippen molar-refractivity contribution in [2.24, 2.45) is 0 Å². The van der Waals surface area contributed by atoms with Crippen LogP contribution in [0.2, 0.25) is 0 Å². The van der Waals surface area contributed by atoms with E-state index in [-0.39, 0.29) is 5.76 Å². The number of rotatable bonds is 2. The van der Waals surface area contributed by atoms with Crippen molar-refractivity contribution in [2.45, 2.75) is 13.1 Å². The molecule has 1 saturated heterocycles. The topological polar surface area (TPSA) is 62.5 Å². The number of amides is 1. The van der Waals surface area contributed by atoms with Gasteiger partial charge in [0.05, 0.1) is 5.56 Å². The lowest BCUT2D eigenvalue weighted by Crippen LogP contribution is -2.49. The zero-order valence-electron chi connectivity index (χ0n) is 12.9. The van der Waals surface area contributed by atoms with E-state index in [2.05, 4.69) is 14.6 Å². The first-order valence-electron chi connectivity index (χ1n) is 7.36. The second kappa shape index (κ2) is 6.14. The Labute approximate surface area is 135 Å². The van der Waals surface area contributed by atoms with Crippen LogP contribution in [0.4, 0.5) is 19.0 Å². The largest absolute Gasteiger partial charge is 0.456 e. The third-order valence-corrected chi connectivity index (χ3v) is 3.79. The van der Waals surface area contributed by atoms with E-state index in [0.717, 1.165) is 6.07 Å². The maximum absolute atomic E-state index is 13.0. The molecule has 0 N–H and O–H groups in total. The molecule has 0 aliphatic carbocycles. The van der Waals surface area contributed by atoms with E-state index in [0.29, 0.717) is 32.0 Å². The highest BCUT2D eigenvalue weighted by Gasteiger charge is 2.41. The summed E-state index contributed by atoms with van der Waals surface area (Å²) >= 11 is 0. The van der Waals surface area contributed by atoms with Crippen molar-refractivity contribution in [3.8, 4) is 0 Å². The second-order valence-electron chi connectivity index (χ2n) is 5.46. The fourth-order valence-corrected chi connectivity index (χ4v) is 2.65. The molecule has 0 bridgehead atoms. The van der Waals surface area contributed by atoms with Gasteiger partial charge in [-0.3, -0.25) is 4.79 Å². The first-order chi connectivity index (χ1) is 11.4. The molecule has 24 heavy (non-hydrogen) atoms. The maximum atomic E-state index is 13.0. The number of hydrogen-bond donors (Lipinski definition) is 0. The van der Waals surface area contributed by atoms with Gasteiger partial charge in [-0.25, -0.2) is 0 Å². The van der Waals surface area contributed by atoms with E-state index >= 15 is 0 Å². The summed E-state index contributed by atoms with van der Waals surface area (Å²) in [6.07, 6.45) is -3.14. The van der Waals surface area contributed by atoms with Gasteiger partial charge in [0.1, 0.15) is 5.76 Å². The van der Waals surface area contributed by atoms with Crippen LogP contribution in [-0.2, 0) is 6.18 Å². The molecule has 0 unspecified atom stereocenters. The maximum Gasteiger partial charge on any atom is 0.450 e. The normalized spacial score (nSPS) is 15.7. The SMILES string of the molecule is Cc1cc(C(=O)N2CCN(c3cccnn3)CC2)c(C(F)(F)F)o1. The van der Waals surface area contributed by atoms with Crippen molar-refractivity contribution >= 4 is 11.7 Å². The quantitative estimate of drug-likeness (QED) is 0.840. The molecule has 1 aliphatic heterocycles. The fourth-order valence-electron chi connectivity index (χ4n) is 2.65. The minimum Gasteiger partial charge on any atom is -0.456 e. The number of aryl methyl sites for hydroxylation is 1. The summed E-state index contributed by atoms with van der Waals surface area (Å²) < 4.78 is 43.6. The molecule has 0 atom stereocenters. The molecule has 3 heterocycles. The molecule has 128 valence electrons. The van der Waals surface area contributed by atoms with Crippen molar-refractivity contribution in [3.63, 3.8) is 0 Å². The standard InChI is InChI=1S/C15H15F3N4O2/c1-10-9-11(13(24-10)15(16,17)18)14(23)22-7-5-21(6-8-22)12-3-2-4-19-20-12/h2-4,9H,5-8H2,1H3. The summed E-state index contributed by atoms with van der Waals surface area (Å²) in [7, 11) is 0. The number of hydrogen-bond acceptors (Lipinski definition) is 5. The zero-order valence-corrected chi connectivity index (χ0v) is 12.9. The third kappa shape index (κ3) is 3.19. The number of piperazine rings is 1. The second-order valence-corrected chi connectivity index (χ2v) is 5.46. The average molecular weight is 340 g/mol. The van der Waals surface area contributed by atoms with Crippen LogP contribution in [-0.4, -0.2) is 47.2 Å². The van der Waals surface area contributed by atoms with Gasteiger partial charge < -0.3 is 14.2 Å². The van der Waals surface area contributed by atoms with Crippen molar-refractivity contribution < 1.29 is 22.4 Å². The predicted molar refractivity (Wildman–Crippen MR) is 78.6 cm³/mol. The number of furan rings is 1. The third-order valence-electron chi connectivity index (χ3n) is 3.79. The number of nitrogens with zero attached hydrogens (tertiary/aromatic N) is 4. The Bertz CT molecular complexity index is 722. The number of aromatic nitrogens is 2. The molecule has 2 aromatic rings. The smallest absolute Gasteiger partial charge is 0.450 e. The lowest BCUT2D eigenvalue weighted by Gasteiger charge is -2.35. The van der Waals surface area contributed by atoms with Crippen LogP contribution < -0.4 is 4.90 Å². The number of alkyl halides is 3. The number of carbonyl (C=O) groups excluding carboxylic acids is 1. The summed E-state index contributed by atoms with van der Waals surface area (Å²) in [6, 6.07) is 4.69. The van der Waals surface area contributed by atoms with Gasteiger partial charge in [0, 0.05) is 32.4 Å². The van der Waals surface area contributed by atoms with Crippen LogP contribution in [0, 0.1) is 6.92 Å². The summed E-state index contributed by atoms with van der Waals surface area (Å²) in [5.74, 6) is -1.16. The molecule has 1 aliphatic rings. The van der Waals surface area contributed by atoms with Crippen LogP contribution in [0.25, 0.3) is 0 Å². The Morgan fingerprint density at radius 2 is 1.96 bits per heavy atom. The molecule has 9 heteroatoms. The van der Waals surface area contributed by atoms with Crippen molar-refractivity contribution in [1.29, 1.82) is 0 Å². The fraction of sp³-hybridized carbons (Fsp3) is 0.400. The van der Waals surface area contributed by atoms with Crippen LogP contribution in [0.3, 0.4) is 0 Å². The van der Waals surface area contributed by atoms with Crippen LogP contribution in [0.5, 0.6) is 0 Å². The van der Waals surface area contributed by atoms with Gasteiger partial charge in [-0.2, -0.15) is 18.3 Å². The lowest BCUT2D eigenvalue weighted by molar-refractivity contribution is -0.153. The van der Waals surface area contributed by atoms with Gasteiger partial charge in [-0.15, -0.1) is 5.10 Å². The number of halogens is 3. The Hall–Kier alpha value is -2.58. The summed E-state index contributed by atoms with van der Waals surface area (Å²) in [5, 5.41) is 7.78. The monoisotopic (exact) mass is 340 g/mol. The van der Waals surface area contributed by atoms with Crippen molar-refractivity contribution in [2.75, 3.05) is 31.1 Å². The predicted octanol–water partition coefficient (Wildman–Crippen LogP) is 2.36. The first-order valence-corrected chi connectivity index (χ1v) is 7.36. The van der Waals surface area contributed by atoms with Gasteiger partial charge in [-0.05, 0) is 25.1 Å². The molecular weight excluding hydrogens is 325 g/mol. The Morgan fingerprint density at radius 3 is 2.54 bits per heavy atom. The minimum absolute atomic E-state index is 0.0591. The van der Waals surface area contributed by atoms with E-state index in [1.807, 2.05) is 4.90 Å². The van der Waals surface area contributed by atoms with Crippen LogP contribution in [0.1, 0.15) is 21.9 Å². The van der Waals surface area contributed by atoms with E-state index in [1.54, 1.807) is 18.3 Å². The molecule has 2 aromatic heterocycles. The highest BCUT2D eigenvalue weighted by molar-refractivity contribution is 5.95. The van der Waals surface area contributed by atoms with Crippen LogP contribution >= 0.6 is 0 Å². The molecule has 0 aromatic carbocycles. The summed E-state index contributed by atoms with van der Waals surface area (Å²) in [6.45, 7) is 2.94. The molecule has 0 saturated carbocycles. The van der Waals surface area contributed by atoms with E-state index in [4.69, 9.17) is 0 Å². The van der Waals surface area contributed by atoms with Gasteiger partial charge >= 0.3 is 6.18 Å². The van der Waals surface area contributed by atoms with Gasteiger partial charge in [0.2, 0.25) is 5.76 Å². The Balaban J connectivity index is 1.72. The van der Waals surface area contributed by atoms with Crippen LogP contribution in [0.15, 0.2) is 28.8 Å². The molecule has 3 rings (SSSR count). The molecule has 1 fully saturated rings. The summed E-state index contributed by atoms with van der Waals surface area (Å²) in [4.78, 5) is 15.8. The highest BCUT2D eigenvalue weighted by atomic mass is 19.4. The lowest BCUT2D eigenvalue weighted by atomic mass is 10.2. The molecule has 1 amide bonds. The number of anilines is 1. The van der Waals surface area contributed by atoms with Gasteiger partial charge in [0.15, 0.2) is 5.82 Å². The Morgan fingerprint density at radius 1 is 1.25 bits per heavy atom. The average Bonchev–Trinajstić information content (AvgIpc) is 2.97. The van der Waals surface area contributed by atoms with Crippen molar-refractivity contribution in [1.82, 2.24) is 15.1 Å². The number of carbonyl (C=O) groups is 1. The van der Waals surface area contributed by atoms with Gasteiger partial charge in [-0.1, -0.05) is 0 Å². The molecular formula is C15H15F3N4O2. The summed E-state index contributed by atoms with van der Waals surface area (Å²) in [5.41, 5.74) is -0.437. The van der Waals surface area contributed by atoms with E-state index in [1.165, 1.54) is 11.8 Å². The first kappa shape index (κ1) is 16.3. The molecule has 0 spiro atoms. The van der Waals surface area contributed by atoms with Gasteiger partial charge in [0.25, 0.3) is 5.91 Å². The zero-order chi connectivity index (χ0) is 17.3. The van der Waals surface area contributed by atoms with E-state index < -0.39 is 23.4 Å². The van der Waals surface area contributed by atoms with Crippen molar-refractivity contribution in [3.05, 3.63) is 41.5 Å². The molecule has 6 nitrogen and oxygen atoms in total. The van der Waals surface area contributed by atoms with E-state index in [9.17, 15) is 18.0 Å². The Kier molecular flexibility index (Phi) is 4.16. The highest BCUT2D eigenvalue weighted by Crippen LogP contribution is 2.34. The minimum atomic E-state index is -4.69. The molecule has 0 radical (unpaired) electrons.